The van der Waals surface area contributed by atoms with E-state index in [9.17, 15) is 9.18 Å². The first kappa shape index (κ1) is 18.8. The number of nitrogens with one attached hydrogen (secondary N) is 1. The quantitative estimate of drug-likeness (QED) is 0.579. The molecule has 4 rings (SSSR count). The minimum atomic E-state index is -0.295. The Bertz CT molecular complexity index is 980. The lowest BCUT2D eigenvalue weighted by molar-refractivity contribution is 0.102. The van der Waals surface area contributed by atoms with E-state index in [0.717, 1.165) is 29.3 Å². The first-order chi connectivity index (χ1) is 13.6. The molecular formula is C22H21FN2O2S. The predicted octanol–water partition coefficient (Wildman–Crippen LogP) is 5.44. The SMILES string of the molecule is Cc1nc(-c2ccc(F)cc2)sc1C(=O)Nc1cccc(COCC2CC2)c1. The van der Waals surface area contributed by atoms with Crippen LogP contribution in [0.5, 0.6) is 0 Å². The van der Waals surface area contributed by atoms with Gasteiger partial charge >= 0.3 is 0 Å². The van der Waals surface area contributed by atoms with Crippen LogP contribution in [-0.4, -0.2) is 17.5 Å². The summed E-state index contributed by atoms with van der Waals surface area (Å²) in [5, 5.41) is 3.64. The fourth-order valence-corrected chi connectivity index (χ4v) is 3.84. The highest BCUT2D eigenvalue weighted by Crippen LogP contribution is 2.30. The topological polar surface area (TPSA) is 51.2 Å². The Morgan fingerprint density at radius 2 is 2.04 bits per heavy atom. The molecule has 2 aromatic carbocycles. The molecule has 1 aliphatic rings. The van der Waals surface area contributed by atoms with Crippen molar-refractivity contribution in [2.75, 3.05) is 11.9 Å². The van der Waals surface area contributed by atoms with Crippen LogP contribution in [0.1, 0.15) is 33.8 Å². The van der Waals surface area contributed by atoms with Gasteiger partial charge in [0.15, 0.2) is 0 Å². The van der Waals surface area contributed by atoms with Gasteiger partial charge in [-0.1, -0.05) is 12.1 Å². The zero-order chi connectivity index (χ0) is 19.5. The molecule has 0 radical (unpaired) electrons. The number of halogens is 1. The second-order valence-corrected chi connectivity index (χ2v) is 8.05. The van der Waals surface area contributed by atoms with Gasteiger partial charge in [-0.3, -0.25) is 4.79 Å². The summed E-state index contributed by atoms with van der Waals surface area (Å²) in [7, 11) is 0. The molecule has 1 amide bonds. The number of amides is 1. The van der Waals surface area contributed by atoms with Gasteiger partial charge in [0.05, 0.1) is 12.3 Å². The molecule has 0 saturated heterocycles. The second kappa shape index (κ2) is 8.20. The van der Waals surface area contributed by atoms with Crippen molar-refractivity contribution < 1.29 is 13.9 Å². The highest BCUT2D eigenvalue weighted by atomic mass is 32.1. The average molecular weight is 396 g/mol. The van der Waals surface area contributed by atoms with Crippen LogP contribution < -0.4 is 5.32 Å². The van der Waals surface area contributed by atoms with E-state index in [1.807, 2.05) is 24.3 Å². The number of thiazole rings is 1. The number of ether oxygens (including phenoxy) is 1. The van der Waals surface area contributed by atoms with Crippen molar-refractivity contribution in [1.82, 2.24) is 4.98 Å². The van der Waals surface area contributed by atoms with Gasteiger partial charge in [0, 0.05) is 17.9 Å². The van der Waals surface area contributed by atoms with E-state index in [1.165, 1.54) is 36.3 Å². The lowest BCUT2D eigenvalue weighted by Crippen LogP contribution is -2.11. The van der Waals surface area contributed by atoms with Crippen molar-refractivity contribution in [3.8, 4) is 10.6 Å². The average Bonchev–Trinajstić information content (AvgIpc) is 3.42. The Kier molecular flexibility index (Phi) is 5.50. The maximum absolute atomic E-state index is 13.1. The monoisotopic (exact) mass is 396 g/mol. The Hall–Kier alpha value is -2.57. The van der Waals surface area contributed by atoms with Crippen LogP contribution in [0.3, 0.4) is 0 Å². The number of anilines is 1. The number of carbonyl (C=O) groups excluding carboxylic acids is 1. The van der Waals surface area contributed by atoms with Gasteiger partial charge < -0.3 is 10.1 Å². The second-order valence-electron chi connectivity index (χ2n) is 7.05. The van der Waals surface area contributed by atoms with E-state index in [0.29, 0.717) is 22.2 Å². The molecule has 0 atom stereocenters. The largest absolute Gasteiger partial charge is 0.376 e. The van der Waals surface area contributed by atoms with Gasteiger partial charge in [-0.05, 0) is 67.6 Å². The molecule has 28 heavy (non-hydrogen) atoms. The standard InChI is InChI=1S/C22H21FN2O2S/c1-14-20(28-22(24-14)17-7-9-18(23)10-8-17)21(26)25-19-4-2-3-16(11-19)13-27-12-15-5-6-15/h2-4,7-11,15H,5-6,12-13H2,1H3,(H,25,26). The Morgan fingerprint density at radius 3 is 2.79 bits per heavy atom. The van der Waals surface area contributed by atoms with E-state index in [2.05, 4.69) is 10.3 Å². The summed E-state index contributed by atoms with van der Waals surface area (Å²) in [6.07, 6.45) is 2.54. The molecule has 0 aliphatic heterocycles. The van der Waals surface area contributed by atoms with Gasteiger partial charge in [-0.15, -0.1) is 11.3 Å². The third-order valence-electron chi connectivity index (χ3n) is 4.60. The van der Waals surface area contributed by atoms with E-state index >= 15 is 0 Å². The summed E-state index contributed by atoms with van der Waals surface area (Å²) in [4.78, 5) is 17.7. The third kappa shape index (κ3) is 4.64. The van der Waals surface area contributed by atoms with Crippen LogP contribution in [0, 0.1) is 18.7 Å². The van der Waals surface area contributed by atoms with Crippen molar-refractivity contribution in [2.45, 2.75) is 26.4 Å². The molecule has 0 bridgehead atoms. The Labute approximate surface area is 167 Å². The first-order valence-corrected chi connectivity index (χ1v) is 10.1. The van der Waals surface area contributed by atoms with Crippen LogP contribution >= 0.6 is 11.3 Å². The number of aryl methyl sites for hydroxylation is 1. The highest BCUT2D eigenvalue weighted by molar-refractivity contribution is 7.17. The van der Waals surface area contributed by atoms with E-state index < -0.39 is 0 Å². The van der Waals surface area contributed by atoms with Crippen LogP contribution in [-0.2, 0) is 11.3 Å². The van der Waals surface area contributed by atoms with Crippen molar-refractivity contribution >= 4 is 22.9 Å². The number of aromatic nitrogens is 1. The maximum atomic E-state index is 13.1. The zero-order valence-electron chi connectivity index (χ0n) is 15.6. The van der Waals surface area contributed by atoms with E-state index in [4.69, 9.17) is 4.74 Å². The molecule has 0 spiro atoms. The molecular weight excluding hydrogens is 375 g/mol. The number of hydrogen-bond acceptors (Lipinski definition) is 4. The van der Waals surface area contributed by atoms with Crippen molar-refractivity contribution in [2.24, 2.45) is 5.92 Å². The molecule has 1 aliphatic carbocycles. The number of carbonyl (C=O) groups is 1. The molecule has 1 aromatic heterocycles. The lowest BCUT2D eigenvalue weighted by Gasteiger charge is -2.07. The van der Waals surface area contributed by atoms with Crippen molar-refractivity contribution in [1.29, 1.82) is 0 Å². The van der Waals surface area contributed by atoms with Crippen LogP contribution in [0.15, 0.2) is 48.5 Å². The summed E-state index contributed by atoms with van der Waals surface area (Å²) >= 11 is 1.30. The molecule has 144 valence electrons. The Balaban J connectivity index is 1.44. The van der Waals surface area contributed by atoms with E-state index in [1.54, 1.807) is 19.1 Å². The van der Waals surface area contributed by atoms with Crippen LogP contribution in [0.2, 0.25) is 0 Å². The zero-order valence-corrected chi connectivity index (χ0v) is 16.4. The summed E-state index contributed by atoms with van der Waals surface area (Å²) in [6, 6.07) is 13.8. The minimum absolute atomic E-state index is 0.195. The summed E-state index contributed by atoms with van der Waals surface area (Å²) < 4.78 is 18.8. The molecule has 1 N–H and O–H groups in total. The summed E-state index contributed by atoms with van der Waals surface area (Å²) in [5.74, 6) is 0.239. The molecule has 0 unspecified atom stereocenters. The third-order valence-corrected chi connectivity index (χ3v) is 5.80. The van der Waals surface area contributed by atoms with Crippen molar-refractivity contribution in [3.05, 3.63) is 70.5 Å². The number of nitrogens with zero attached hydrogens (tertiary/aromatic N) is 1. The number of benzene rings is 2. The molecule has 4 nitrogen and oxygen atoms in total. The minimum Gasteiger partial charge on any atom is -0.376 e. The van der Waals surface area contributed by atoms with Gasteiger partial charge in [-0.25, -0.2) is 9.37 Å². The lowest BCUT2D eigenvalue weighted by atomic mass is 10.2. The Morgan fingerprint density at radius 1 is 1.25 bits per heavy atom. The first-order valence-electron chi connectivity index (χ1n) is 9.30. The normalized spacial score (nSPS) is 13.5. The predicted molar refractivity (Wildman–Crippen MR) is 109 cm³/mol. The number of rotatable bonds is 7. The summed E-state index contributed by atoms with van der Waals surface area (Å²) in [5.41, 5.74) is 3.22. The van der Waals surface area contributed by atoms with Crippen LogP contribution in [0.25, 0.3) is 10.6 Å². The van der Waals surface area contributed by atoms with Crippen molar-refractivity contribution in [3.63, 3.8) is 0 Å². The van der Waals surface area contributed by atoms with Gasteiger partial charge in [0.1, 0.15) is 15.7 Å². The van der Waals surface area contributed by atoms with E-state index in [-0.39, 0.29) is 11.7 Å². The maximum Gasteiger partial charge on any atom is 0.267 e. The molecule has 1 saturated carbocycles. The molecule has 1 heterocycles. The highest BCUT2D eigenvalue weighted by Gasteiger charge is 2.21. The smallest absolute Gasteiger partial charge is 0.267 e. The van der Waals surface area contributed by atoms with Crippen LogP contribution in [0.4, 0.5) is 10.1 Å². The van der Waals surface area contributed by atoms with Gasteiger partial charge in [-0.2, -0.15) is 0 Å². The fraction of sp³-hybridized carbons (Fsp3) is 0.273. The van der Waals surface area contributed by atoms with Gasteiger partial charge in [0.25, 0.3) is 5.91 Å². The molecule has 6 heteroatoms. The molecule has 3 aromatic rings. The molecule has 1 fully saturated rings. The number of hydrogen-bond donors (Lipinski definition) is 1. The summed E-state index contributed by atoms with van der Waals surface area (Å²) in [6.45, 7) is 3.16. The van der Waals surface area contributed by atoms with Gasteiger partial charge in [0.2, 0.25) is 0 Å². The fourth-order valence-electron chi connectivity index (χ4n) is 2.88.